The van der Waals surface area contributed by atoms with Crippen molar-refractivity contribution < 1.29 is 8.78 Å². The highest BCUT2D eigenvalue weighted by molar-refractivity contribution is 14.1. The second kappa shape index (κ2) is 4.60. The summed E-state index contributed by atoms with van der Waals surface area (Å²) in [6.45, 7) is 1.91. The minimum Gasteiger partial charge on any atom is -0.243 e. The molecule has 0 atom stereocenters. The molecule has 2 aromatic heterocycles. The molecule has 0 aliphatic heterocycles. The molecule has 0 aromatic carbocycles. The molecule has 1 aliphatic carbocycles. The second-order valence-electron chi connectivity index (χ2n) is 4.98. The van der Waals surface area contributed by atoms with Crippen LogP contribution in [0.2, 0.25) is 0 Å². The first-order valence-corrected chi connectivity index (χ1v) is 7.29. The summed E-state index contributed by atoms with van der Waals surface area (Å²) in [4.78, 5) is 8.43. The van der Waals surface area contributed by atoms with Crippen molar-refractivity contribution in [3.05, 3.63) is 15.7 Å². The second-order valence-corrected chi connectivity index (χ2v) is 6.00. The van der Waals surface area contributed by atoms with Crippen molar-refractivity contribution in [3.63, 3.8) is 0 Å². The molecule has 102 valence electrons. The monoisotopic (exact) mass is 378 g/mol. The van der Waals surface area contributed by atoms with E-state index in [-0.39, 0.29) is 18.9 Å². The highest BCUT2D eigenvalue weighted by Gasteiger charge is 2.36. The van der Waals surface area contributed by atoms with Crippen LogP contribution in [-0.2, 0) is 0 Å². The third-order valence-corrected chi connectivity index (χ3v) is 4.42. The van der Waals surface area contributed by atoms with Gasteiger partial charge >= 0.3 is 0 Å². The van der Waals surface area contributed by atoms with Crippen LogP contribution in [0.4, 0.5) is 8.78 Å². The molecule has 7 heteroatoms. The molecule has 1 fully saturated rings. The van der Waals surface area contributed by atoms with Gasteiger partial charge in [0.25, 0.3) is 0 Å². The molecule has 2 heterocycles. The number of aromatic nitrogens is 4. The summed E-state index contributed by atoms with van der Waals surface area (Å²) in [7, 11) is 0. The zero-order valence-electron chi connectivity index (χ0n) is 10.4. The molecular formula is C12H13F2IN4. The van der Waals surface area contributed by atoms with Gasteiger partial charge in [0.2, 0.25) is 5.92 Å². The van der Waals surface area contributed by atoms with Gasteiger partial charge in [0.15, 0.2) is 5.65 Å². The highest BCUT2D eigenvalue weighted by Crippen LogP contribution is 2.39. The molecule has 0 bridgehead atoms. The quantitative estimate of drug-likeness (QED) is 0.714. The van der Waals surface area contributed by atoms with E-state index in [1.165, 1.54) is 6.33 Å². The molecule has 0 N–H and O–H groups in total. The number of fused-ring (bicyclic) bond motifs is 1. The lowest BCUT2D eigenvalue weighted by atomic mass is 9.92. The zero-order chi connectivity index (χ0) is 13.6. The molecule has 0 radical (unpaired) electrons. The van der Waals surface area contributed by atoms with Crippen LogP contribution in [0.25, 0.3) is 11.0 Å². The lowest BCUT2D eigenvalue weighted by molar-refractivity contribution is -0.0446. The minimum atomic E-state index is -2.52. The number of nitrogens with zero attached hydrogens (tertiary/aromatic N) is 4. The fourth-order valence-electron chi connectivity index (χ4n) is 2.59. The summed E-state index contributed by atoms with van der Waals surface area (Å²) in [5.74, 6) is -2.52. The third-order valence-electron chi connectivity index (χ3n) is 3.67. The fraction of sp³-hybridized carbons (Fsp3) is 0.583. The number of hydrogen-bond donors (Lipinski definition) is 0. The molecule has 19 heavy (non-hydrogen) atoms. The molecule has 0 spiro atoms. The van der Waals surface area contributed by atoms with E-state index >= 15 is 0 Å². The van der Waals surface area contributed by atoms with Gasteiger partial charge in [-0.25, -0.2) is 23.4 Å². The van der Waals surface area contributed by atoms with E-state index < -0.39 is 5.92 Å². The Balaban J connectivity index is 2.00. The molecule has 0 amide bonds. The van der Waals surface area contributed by atoms with E-state index in [1.807, 2.05) is 6.92 Å². The average Bonchev–Trinajstić information content (AvgIpc) is 2.68. The van der Waals surface area contributed by atoms with Crippen LogP contribution in [0.15, 0.2) is 6.33 Å². The summed E-state index contributed by atoms with van der Waals surface area (Å²) < 4.78 is 29.1. The molecule has 1 saturated carbocycles. The SMILES string of the molecule is Cc1ncnc2c1c(I)nn2C1CCC(F)(F)CC1. The Morgan fingerprint density at radius 3 is 2.68 bits per heavy atom. The Hall–Kier alpha value is -0.860. The molecule has 3 rings (SSSR count). The van der Waals surface area contributed by atoms with Crippen LogP contribution in [0.1, 0.15) is 37.4 Å². The Bertz CT molecular complexity index is 615. The van der Waals surface area contributed by atoms with Gasteiger partial charge in [0.05, 0.1) is 17.1 Å². The molecule has 1 aliphatic rings. The van der Waals surface area contributed by atoms with Gasteiger partial charge in [-0.1, -0.05) is 0 Å². The number of hydrogen-bond acceptors (Lipinski definition) is 3. The third kappa shape index (κ3) is 2.32. The van der Waals surface area contributed by atoms with E-state index in [4.69, 9.17) is 0 Å². The molecule has 4 nitrogen and oxygen atoms in total. The number of rotatable bonds is 1. The van der Waals surface area contributed by atoms with Gasteiger partial charge in [0.1, 0.15) is 10.0 Å². The Morgan fingerprint density at radius 1 is 1.32 bits per heavy atom. The van der Waals surface area contributed by atoms with E-state index in [0.29, 0.717) is 12.8 Å². The molecule has 0 unspecified atom stereocenters. The van der Waals surface area contributed by atoms with Crippen molar-refractivity contribution in [2.24, 2.45) is 0 Å². The molecular weight excluding hydrogens is 365 g/mol. The summed E-state index contributed by atoms with van der Waals surface area (Å²) in [5, 5.41) is 5.41. The predicted molar refractivity (Wildman–Crippen MR) is 75.2 cm³/mol. The maximum atomic E-state index is 13.2. The van der Waals surface area contributed by atoms with Crippen molar-refractivity contribution in [1.82, 2.24) is 19.7 Å². The predicted octanol–water partition coefficient (Wildman–Crippen LogP) is 3.49. The maximum absolute atomic E-state index is 13.2. The zero-order valence-corrected chi connectivity index (χ0v) is 12.6. The summed E-state index contributed by atoms with van der Waals surface area (Å²) in [6, 6.07) is 0.0138. The first-order valence-electron chi connectivity index (χ1n) is 6.21. The van der Waals surface area contributed by atoms with E-state index in [9.17, 15) is 8.78 Å². The van der Waals surface area contributed by atoms with Crippen LogP contribution in [0.3, 0.4) is 0 Å². The van der Waals surface area contributed by atoms with Crippen LogP contribution < -0.4 is 0 Å². The fourth-order valence-corrected chi connectivity index (χ4v) is 3.46. The highest BCUT2D eigenvalue weighted by atomic mass is 127. The van der Waals surface area contributed by atoms with Gasteiger partial charge in [-0.3, -0.25) is 0 Å². The normalized spacial score (nSPS) is 20.0. The van der Waals surface area contributed by atoms with Crippen molar-refractivity contribution in [2.45, 2.75) is 44.6 Å². The number of alkyl halides is 2. The van der Waals surface area contributed by atoms with Crippen LogP contribution in [0.5, 0.6) is 0 Å². The Labute approximate surface area is 122 Å². The van der Waals surface area contributed by atoms with Crippen molar-refractivity contribution in [1.29, 1.82) is 0 Å². The number of halogens is 3. The standard InChI is InChI=1S/C12H13F2IN4/c1-7-9-10(15)18-19(11(9)17-6-16-7)8-2-4-12(13,14)5-3-8/h6,8H,2-5H2,1H3. The van der Waals surface area contributed by atoms with Crippen molar-refractivity contribution >= 4 is 33.6 Å². The van der Waals surface area contributed by atoms with Gasteiger partial charge in [-0.05, 0) is 42.4 Å². The smallest absolute Gasteiger partial charge is 0.243 e. The maximum Gasteiger partial charge on any atom is 0.248 e. The lowest BCUT2D eigenvalue weighted by Gasteiger charge is -2.28. The minimum absolute atomic E-state index is 0.0138. The molecule has 0 saturated heterocycles. The van der Waals surface area contributed by atoms with Gasteiger partial charge < -0.3 is 0 Å². The molecule has 2 aromatic rings. The largest absolute Gasteiger partial charge is 0.248 e. The van der Waals surface area contributed by atoms with Crippen molar-refractivity contribution in [3.8, 4) is 0 Å². The average molecular weight is 378 g/mol. The first kappa shape index (κ1) is 13.1. The Morgan fingerprint density at radius 2 is 2.00 bits per heavy atom. The first-order chi connectivity index (χ1) is 8.98. The van der Waals surface area contributed by atoms with Gasteiger partial charge in [-0.2, -0.15) is 5.10 Å². The topological polar surface area (TPSA) is 43.6 Å². The number of aryl methyl sites for hydroxylation is 1. The van der Waals surface area contributed by atoms with E-state index in [1.54, 1.807) is 4.68 Å². The van der Waals surface area contributed by atoms with Gasteiger partial charge in [0, 0.05) is 12.8 Å². The van der Waals surface area contributed by atoms with Crippen molar-refractivity contribution in [2.75, 3.05) is 0 Å². The van der Waals surface area contributed by atoms with Gasteiger partial charge in [-0.15, -0.1) is 0 Å². The summed E-state index contributed by atoms with van der Waals surface area (Å²) >= 11 is 2.15. The Kier molecular flexibility index (Phi) is 3.18. The summed E-state index contributed by atoms with van der Waals surface area (Å²) in [6.07, 6.45) is 2.26. The van der Waals surface area contributed by atoms with E-state index in [2.05, 4.69) is 37.7 Å². The summed E-state index contributed by atoms with van der Waals surface area (Å²) in [5.41, 5.74) is 1.63. The van der Waals surface area contributed by atoms with E-state index in [0.717, 1.165) is 20.4 Å². The van der Waals surface area contributed by atoms with Crippen LogP contribution >= 0.6 is 22.6 Å². The lowest BCUT2D eigenvalue weighted by Crippen LogP contribution is -2.26. The van der Waals surface area contributed by atoms with Crippen LogP contribution in [-0.4, -0.2) is 25.7 Å². The van der Waals surface area contributed by atoms with Crippen LogP contribution in [0, 0.1) is 10.6 Å².